The summed E-state index contributed by atoms with van der Waals surface area (Å²) in [6.45, 7) is 6.34. The predicted octanol–water partition coefficient (Wildman–Crippen LogP) is 3.42. The first-order valence-electron chi connectivity index (χ1n) is 11.5. The number of nitrogens with zero attached hydrogens (tertiary/aromatic N) is 3. The molecule has 0 unspecified atom stereocenters. The maximum absolute atomic E-state index is 12.6. The topological polar surface area (TPSA) is 74.3 Å². The summed E-state index contributed by atoms with van der Waals surface area (Å²) in [5, 5.41) is 2.93. The van der Waals surface area contributed by atoms with Gasteiger partial charge in [-0.1, -0.05) is 42.5 Å². The highest BCUT2D eigenvalue weighted by molar-refractivity contribution is 5.91. The van der Waals surface area contributed by atoms with Gasteiger partial charge in [0.05, 0.1) is 19.9 Å². The van der Waals surface area contributed by atoms with Gasteiger partial charge in [0.2, 0.25) is 5.91 Å². The fourth-order valence-electron chi connectivity index (χ4n) is 3.87. The van der Waals surface area contributed by atoms with Crippen molar-refractivity contribution in [2.24, 2.45) is 0 Å². The van der Waals surface area contributed by atoms with E-state index in [2.05, 4.69) is 10.2 Å². The number of nitrogens with one attached hydrogen (secondary N) is 1. The molecule has 8 nitrogen and oxygen atoms in total. The normalized spacial score (nSPS) is 14.1. The zero-order valence-corrected chi connectivity index (χ0v) is 20.2. The van der Waals surface area contributed by atoms with Crippen LogP contribution in [0.15, 0.2) is 54.6 Å². The number of rotatable bonds is 9. The first kappa shape index (κ1) is 25.1. The summed E-state index contributed by atoms with van der Waals surface area (Å²) in [6.07, 6.45) is 3.97. The Labute approximate surface area is 201 Å². The summed E-state index contributed by atoms with van der Waals surface area (Å²) >= 11 is 0. The minimum Gasteiger partial charge on any atom is -0.496 e. The number of carbonyl (C=O) groups excluding carboxylic acids is 2. The second-order valence-corrected chi connectivity index (χ2v) is 8.07. The van der Waals surface area contributed by atoms with Gasteiger partial charge in [0, 0.05) is 58.3 Å². The summed E-state index contributed by atoms with van der Waals surface area (Å²) in [4.78, 5) is 30.7. The van der Waals surface area contributed by atoms with Crippen molar-refractivity contribution in [1.29, 1.82) is 0 Å². The molecule has 1 aliphatic rings. The second kappa shape index (κ2) is 12.6. The van der Waals surface area contributed by atoms with E-state index < -0.39 is 0 Å². The first-order chi connectivity index (χ1) is 16.5. The van der Waals surface area contributed by atoms with Gasteiger partial charge < -0.3 is 24.6 Å². The van der Waals surface area contributed by atoms with Gasteiger partial charge in [-0.25, -0.2) is 4.79 Å². The Bertz CT molecular complexity index is 986. The average Bonchev–Trinajstić information content (AvgIpc) is 2.86. The molecular formula is C26H34N4O4. The number of para-hydroxylation sites is 3. The smallest absolute Gasteiger partial charge is 0.322 e. The highest BCUT2D eigenvalue weighted by Crippen LogP contribution is 2.23. The Balaban J connectivity index is 1.45. The lowest BCUT2D eigenvalue weighted by molar-refractivity contribution is -0.128. The van der Waals surface area contributed by atoms with Gasteiger partial charge in [-0.3, -0.25) is 9.69 Å². The van der Waals surface area contributed by atoms with Crippen LogP contribution < -0.4 is 14.8 Å². The molecule has 0 aromatic heterocycles. The third-order valence-corrected chi connectivity index (χ3v) is 5.90. The van der Waals surface area contributed by atoms with Crippen molar-refractivity contribution in [1.82, 2.24) is 14.7 Å². The van der Waals surface area contributed by atoms with E-state index in [1.165, 1.54) is 0 Å². The lowest BCUT2D eigenvalue weighted by Gasteiger charge is -2.35. The maximum atomic E-state index is 12.6. The monoisotopic (exact) mass is 466 g/mol. The van der Waals surface area contributed by atoms with Crippen molar-refractivity contribution >= 4 is 23.7 Å². The van der Waals surface area contributed by atoms with E-state index in [0.717, 1.165) is 30.9 Å². The minimum atomic E-state index is -0.129. The van der Waals surface area contributed by atoms with E-state index in [9.17, 15) is 9.59 Å². The molecule has 1 heterocycles. The number of methoxy groups -OCH3 is 2. The third-order valence-electron chi connectivity index (χ3n) is 5.90. The number of carbonyl (C=O) groups is 2. The van der Waals surface area contributed by atoms with Crippen LogP contribution >= 0.6 is 0 Å². The van der Waals surface area contributed by atoms with E-state index >= 15 is 0 Å². The van der Waals surface area contributed by atoms with Crippen molar-refractivity contribution < 1.29 is 19.1 Å². The van der Waals surface area contributed by atoms with Crippen LogP contribution in [0.5, 0.6) is 11.5 Å². The van der Waals surface area contributed by atoms with Crippen LogP contribution in [0.4, 0.5) is 10.5 Å². The SMILES string of the molecule is COc1ccccc1/C=C/CN(CCN1CCN(C(=O)Nc2ccccc2OC)CC1)C(C)=O. The Morgan fingerprint density at radius 1 is 0.971 bits per heavy atom. The van der Waals surface area contributed by atoms with Gasteiger partial charge in [-0.2, -0.15) is 0 Å². The number of urea groups is 1. The number of hydrogen-bond donors (Lipinski definition) is 1. The summed E-state index contributed by atoms with van der Waals surface area (Å²) in [7, 11) is 3.23. The van der Waals surface area contributed by atoms with Crippen LogP contribution in [0.25, 0.3) is 6.08 Å². The predicted molar refractivity (Wildman–Crippen MR) is 134 cm³/mol. The molecule has 1 saturated heterocycles. The quantitative estimate of drug-likeness (QED) is 0.613. The third kappa shape index (κ3) is 6.99. The fourth-order valence-corrected chi connectivity index (χ4v) is 3.87. The maximum Gasteiger partial charge on any atom is 0.322 e. The van der Waals surface area contributed by atoms with Crippen LogP contribution in [0, 0.1) is 0 Å². The number of benzene rings is 2. The molecule has 1 aliphatic heterocycles. The minimum absolute atomic E-state index is 0.0412. The Morgan fingerprint density at radius 2 is 1.62 bits per heavy atom. The molecule has 182 valence electrons. The molecule has 0 saturated carbocycles. The number of ether oxygens (including phenoxy) is 2. The molecule has 1 fully saturated rings. The highest BCUT2D eigenvalue weighted by Gasteiger charge is 2.22. The molecule has 3 amide bonds. The summed E-state index contributed by atoms with van der Waals surface area (Å²) in [6, 6.07) is 15.0. The molecule has 0 aliphatic carbocycles. The van der Waals surface area contributed by atoms with E-state index in [0.29, 0.717) is 37.6 Å². The standard InChI is InChI=1S/C26H34N4O4/c1-21(31)29(14-8-10-22-9-4-6-12-24(22)33-2)18-15-28-16-19-30(20-17-28)26(32)27-23-11-5-7-13-25(23)34-3/h4-13H,14-20H2,1-3H3,(H,27,32)/b10-8+. The average molecular weight is 467 g/mol. The molecule has 1 N–H and O–H groups in total. The van der Waals surface area contributed by atoms with Gasteiger partial charge in [0.25, 0.3) is 0 Å². The van der Waals surface area contributed by atoms with Crippen LogP contribution in [-0.2, 0) is 4.79 Å². The molecule has 8 heteroatoms. The van der Waals surface area contributed by atoms with Crippen molar-refractivity contribution in [3.63, 3.8) is 0 Å². The van der Waals surface area contributed by atoms with Gasteiger partial charge in [0.15, 0.2) is 0 Å². The van der Waals surface area contributed by atoms with Crippen molar-refractivity contribution in [2.75, 3.05) is 65.3 Å². The van der Waals surface area contributed by atoms with Crippen molar-refractivity contribution in [3.05, 3.63) is 60.2 Å². The number of anilines is 1. The molecule has 0 radical (unpaired) electrons. The van der Waals surface area contributed by atoms with E-state index in [1.54, 1.807) is 21.1 Å². The van der Waals surface area contributed by atoms with Gasteiger partial charge in [-0.05, 0) is 18.2 Å². The van der Waals surface area contributed by atoms with Crippen LogP contribution in [0.1, 0.15) is 12.5 Å². The molecule has 34 heavy (non-hydrogen) atoms. The largest absolute Gasteiger partial charge is 0.496 e. The Hall–Kier alpha value is -3.52. The van der Waals surface area contributed by atoms with E-state index in [1.807, 2.05) is 70.5 Å². The molecular weight excluding hydrogens is 432 g/mol. The Morgan fingerprint density at radius 3 is 2.29 bits per heavy atom. The van der Waals surface area contributed by atoms with Gasteiger partial charge in [0.1, 0.15) is 11.5 Å². The number of hydrogen-bond acceptors (Lipinski definition) is 5. The van der Waals surface area contributed by atoms with E-state index in [4.69, 9.17) is 9.47 Å². The highest BCUT2D eigenvalue weighted by atomic mass is 16.5. The molecule has 0 bridgehead atoms. The summed E-state index contributed by atoms with van der Waals surface area (Å²) in [5.74, 6) is 1.49. The Kier molecular flexibility index (Phi) is 9.34. The van der Waals surface area contributed by atoms with Crippen molar-refractivity contribution in [2.45, 2.75) is 6.92 Å². The molecule has 0 atom stereocenters. The van der Waals surface area contributed by atoms with Crippen LogP contribution in [0.3, 0.4) is 0 Å². The van der Waals surface area contributed by atoms with Gasteiger partial charge >= 0.3 is 6.03 Å². The summed E-state index contributed by atoms with van der Waals surface area (Å²) in [5.41, 5.74) is 1.65. The second-order valence-electron chi connectivity index (χ2n) is 8.07. The summed E-state index contributed by atoms with van der Waals surface area (Å²) < 4.78 is 10.7. The number of amides is 3. The zero-order chi connectivity index (χ0) is 24.3. The van der Waals surface area contributed by atoms with Crippen LogP contribution in [0.2, 0.25) is 0 Å². The lowest BCUT2D eigenvalue weighted by atomic mass is 10.2. The van der Waals surface area contributed by atoms with Gasteiger partial charge in [-0.15, -0.1) is 0 Å². The van der Waals surface area contributed by atoms with Crippen LogP contribution in [-0.4, -0.2) is 86.7 Å². The first-order valence-corrected chi connectivity index (χ1v) is 11.5. The van der Waals surface area contributed by atoms with Crippen molar-refractivity contribution in [3.8, 4) is 11.5 Å². The number of piperazine rings is 1. The molecule has 3 rings (SSSR count). The van der Waals surface area contributed by atoms with E-state index in [-0.39, 0.29) is 11.9 Å². The molecule has 2 aromatic carbocycles. The molecule has 0 spiro atoms. The zero-order valence-electron chi connectivity index (χ0n) is 20.2. The molecule has 2 aromatic rings. The fraction of sp³-hybridized carbons (Fsp3) is 0.385. The lowest BCUT2D eigenvalue weighted by Crippen LogP contribution is -2.51.